The van der Waals surface area contributed by atoms with Crippen molar-refractivity contribution in [1.82, 2.24) is 4.90 Å². The molecule has 0 aliphatic carbocycles. The van der Waals surface area contributed by atoms with Crippen molar-refractivity contribution in [2.75, 3.05) is 19.8 Å². The second-order valence-corrected chi connectivity index (χ2v) is 8.41. The number of halogens is 1. The minimum atomic E-state index is -0.652. The highest BCUT2D eigenvalue weighted by atomic mass is 19.1. The molecule has 1 amide bonds. The number of hydrogen-bond donors (Lipinski definition) is 0. The van der Waals surface area contributed by atoms with Crippen molar-refractivity contribution < 1.29 is 23.1 Å². The maximum atomic E-state index is 13.9. The molecular formula is C26H28FNO5. The highest BCUT2D eigenvalue weighted by molar-refractivity contribution is 5.99. The Hall–Kier alpha value is -3.19. The Balaban J connectivity index is 1.80. The van der Waals surface area contributed by atoms with Crippen LogP contribution in [0.2, 0.25) is 0 Å². The van der Waals surface area contributed by atoms with Gasteiger partial charge in [-0.25, -0.2) is 4.39 Å². The summed E-state index contributed by atoms with van der Waals surface area (Å²) in [5, 5.41) is 0.120. The summed E-state index contributed by atoms with van der Waals surface area (Å²) in [5.41, 5.74) is 0.765. The Morgan fingerprint density at radius 2 is 1.94 bits per heavy atom. The Morgan fingerprint density at radius 1 is 1.12 bits per heavy atom. The number of ether oxygens (including phenoxy) is 2. The summed E-state index contributed by atoms with van der Waals surface area (Å²) in [6.45, 7) is 7.35. The van der Waals surface area contributed by atoms with E-state index in [-0.39, 0.29) is 34.3 Å². The lowest BCUT2D eigenvalue weighted by molar-refractivity contribution is 0.0593. The van der Waals surface area contributed by atoms with Crippen LogP contribution in [0.4, 0.5) is 4.39 Å². The lowest BCUT2D eigenvalue weighted by Gasteiger charge is -2.25. The Labute approximate surface area is 191 Å². The number of benzene rings is 2. The van der Waals surface area contributed by atoms with Gasteiger partial charge in [-0.1, -0.05) is 19.1 Å². The highest BCUT2D eigenvalue weighted by Crippen LogP contribution is 2.39. The number of amides is 1. The molecule has 0 unspecified atom stereocenters. The largest absolute Gasteiger partial charge is 0.494 e. The topological polar surface area (TPSA) is 69.0 Å². The monoisotopic (exact) mass is 453 g/mol. The molecule has 2 aromatic carbocycles. The van der Waals surface area contributed by atoms with Crippen LogP contribution in [0.3, 0.4) is 0 Å². The van der Waals surface area contributed by atoms with Crippen LogP contribution in [0, 0.1) is 5.82 Å². The fourth-order valence-corrected chi connectivity index (χ4v) is 4.12. The van der Waals surface area contributed by atoms with Gasteiger partial charge in [0.05, 0.1) is 29.7 Å². The van der Waals surface area contributed by atoms with E-state index in [0.717, 1.165) is 18.1 Å². The van der Waals surface area contributed by atoms with E-state index >= 15 is 0 Å². The minimum Gasteiger partial charge on any atom is -0.494 e. The van der Waals surface area contributed by atoms with Crippen LogP contribution in [-0.2, 0) is 4.74 Å². The number of hydrogen-bond acceptors (Lipinski definition) is 5. The Bertz CT molecular complexity index is 1220. The molecule has 1 aromatic heterocycles. The summed E-state index contributed by atoms with van der Waals surface area (Å²) in [7, 11) is 0. The molecule has 0 saturated heterocycles. The lowest BCUT2D eigenvalue weighted by Crippen LogP contribution is -2.31. The van der Waals surface area contributed by atoms with E-state index in [1.165, 1.54) is 12.1 Å². The average molecular weight is 454 g/mol. The van der Waals surface area contributed by atoms with Crippen LogP contribution in [0.5, 0.6) is 5.75 Å². The number of carbonyl (C=O) groups excluding carboxylic acids is 1. The van der Waals surface area contributed by atoms with Crippen molar-refractivity contribution >= 4 is 16.9 Å². The van der Waals surface area contributed by atoms with Crippen LogP contribution >= 0.6 is 0 Å². The Kier molecular flexibility index (Phi) is 6.79. The van der Waals surface area contributed by atoms with Crippen molar-refractivity contribution in [2.45, 2.75) is 45.8 Å². The van der Waals surface area contributed by atoms with Crippen LogP contribution in [0.1, 0.15) is 61.3 Å². The predicted molar refractivity (Wildman–Crippen MR) is 123 cm³/mol. The number of fused-ring (bicyclic) bond motifs is 2. The van der Waals surface area contributed by atoms with Gasteiger partial charge in [0, 0.05) is 13.2 Å². The summed E-state index contributed by atoms with van der Waals surface area (Å²) in [6.07, 6.45) is 1.55. The van der Waals surface area contributed by atoms with Crippen molar-refractivity contribution in [3.63, 3.8) is 0 Å². The fraction of sp³-hybridized carbons (Fsp3) is 0.385. The van der Waals surface area contributed by atoms with E-state index in [2.05, 4.69) is 0 Å². The van der Waals surface area contributed by atoms with Gasteiger partial charge < -0.3 is 18.8 Å². The summed E-state index contributed by atoms with van der Waals surface area (Å²) in [6, 6.07) is 10.5. The summed E-state index contributed by atoms with van der Waals surface area (Å²) in [4.78, 5) is 28.5. The summed E-state index contributed by atoms with van der Waals surface area (Å²) < 4.78 is 31.2. The van der Waals surface area contributed by atoms with Gasteiger partial charge in [0.1, 0.15) is 17.1 Å². The maximum absolute atomic E-state index is 13.9. The fourth-order valence-electron chi connectivity index (χ4n) is 4.12. The highest BCUT2D eigenvalue weighted by Gasteiger charge is 2.42. The van der Waals surface area contributed by atoms with E-state index in [1.807, 2.05) is 45.0 Å². The molecule has 0 N–H and O–H groups in total. The van der Waals surface area contributed by atoms with Gasteiger partial charge in [0.25, 0.3) is 5.91 Å². The van der Waals surface area contributed by atoms with E-state index in [9.17, 15) is 14.0 Å². The molecule has 7 heteroatoms. The van der Waals surface area contributed by atoms with Crippen LogP contribution in [0.15, 0.2) is 51.7 Å². The zero-order chi connectivity index (χ0) is 23.5. The van der Waals surface area contributed by atoms with Gasteiger partial charge >= 0.3 is 0 Å². The van der Waals surface area contributed by atoms with Crippen LogP contribution < -0.4 is 10.2 Å². The summed E-state index contributed by atoms with van der Waals surface area (Å²) in [5.74, 6) is -0.223. The molecule has 6 nitrogen and oxygen atoms in total. The molecule has 33 heavy (non-hydrogen) atoms. The molecule has 174 valence electrons. The first-order valence-electron chi connectivity index (χ1n) is 11.3. The molecule has 0 bridgehead atoms. The van der Waals surface area contributed by atoms with E-state index in [0.29, 0.717) is 31.9 Å². The molecule has 0 spiro atoms. The number of carbonyl (C=O) groups is 1. The van der Waals surface area contributed by atoms with Crippen molar-refractivity contribution in [1.29, 1.82) is 0 Å². The first-order chi connectivity index (χ1) is 15.9. The number of nitrogens with zero attached hydrogens (tertiary/aromatic N) is 1. The second-order valence-electron chi connectivity index (χ2n) is 8.41. The molecule has 4 rings (SSSR count). The first kappa shape index (κ1) is 23.0. The molecule has 3 aromatic rings. The predicted octanol–water partition coefficient (Wildman–Crippen LogP) is 5.08. The van der Waals surface area contributed by atoms with Crippen LogP contribution in [-0.4, -0.2) is 36.7 Å². The molecule has 2 heterocycles. The SMILES string of the molecule is CCCOc1cccc([C@H]2c3c(oc4ccc(F)cc4c3=O)C(=O)N2CCCOC(C)C)c1. The van der Waals surface area contributed by atoms with E-state index in [4.69, 9.17) is 13.9 Å². The van der Waals surface area contributed by atoms with Gasteiger partial charge in [-0.15, -0.1) is 0 Å². The van der Waals surface area contributed by atoms with Gasteiger partial charge in [-0.3, -0.25) is 9.59 Å². The van der Waals surface area contributed by atoms with E-state index in [1.54, 1.807) is 4.90 Å². The average Bonchev–Trinajstić information content (AvgIpc) is 3.08. The van der Waals surface area contributed by atoms with E-state index < -0.39 is 17.3 Å². The van der Waals surface area contributed by atoms with Gasteiger partial charge in [-0.05, 0) is 62.6 Å². The standard InChI is InChI=1S/C26H28FNO5/c1-4-12-32-19-8-5-7-17(14-19)23-22-24(29)20-15-18(27)9-10-21(20)33-25(22)26(30)28(23)11-6-13-31-16(2)3/h5,7-10,14-16,23H,4,6,11-13H2,1-3H3/t23-/m0/s1. The first-order valence-corrected chi connectivity index (χ1v) is 11.3. The zero-order valence-electron chi connectivity index (χ0n) is 19.1. The minimum absolute atomic E-state index is 0.00812. The van der Waals surface area contributed by atoms with Crippen molar-refractivity contribution in [3.8, 4) is 5.75 Å². The quantitative estimate of drug-likeness (QED) is 0.423. The normalized spacial score (nSPS) is 15.5. The molecule has 0 fully saturated rings. The number of rotatable bonds is 9. The molecule has 1 atom stereocenters. The second kappa shape index (κ2) is 9.75. The molecule has 1 aliphatic rings. The Morgan fingerprint density at radius 3 is 2.70 bits per heavy atom. The maximum Gasteiger partial charge on any atom is 0.290 e. The van der Waals surface area contributed by atoms with Gasteiger partial charge in [0.15, 0.2) is 5.43 Å². The van der Waals surface area contributed by atoms with Crippen molar-refractivity contribution in [2.24, 2.45) is 0 Å². The van der Waals surface area contributed by atoms with Gasteiger partial charge in [0.2, 0.25) is 5.76 Å². The van der Waals surface area contributed by atoms with Crippen molar-refractivity contribution in [3.05, 3.63) is 75.4 Å². The lowest BCUT2D eigenvalue weighted by atomic mass is 9.98. The molecule has 1 aliphatic heterocycles. The van der Waals surface area contributed by atoms with Crippen LogP contribution in [0.25, 0.3) is 11.0 Å². The molecule has 0 saturated carbocycles. The molecule has 0 radical (unpaired) electrons. The summed E-state index contributed by atoms with van der Waals surface area (Å²) >= 11 is 0. The third kappa shape index (κ3) is 4.64. The third-order valence-electron chi connectivity index (χ3n) is 5.57. The van der Waals surface area contributed by atoms with Gasteiger partial charge in [-0.2, -0.15) is 0 Å². The molecular weight excluding hydrogens is 425 g/mol. The third-order valence-corrected chi connectivity index (χ3v) is 5.57. The smallest absolute Gasteiger partial charge is 0.290 e. The zero-order valence-corrected chi connectivity index (χ0v) is 19.1.